The van der Waals surface area contributed by atoms with Crippen molar-refractivity contribution in [1.29, 1.82) is 0 Å². The zero-order chi connectivity index (χ0) is 18.7. The summed E-state index contributed by atoms with van der Waals surface area (Å²) in [5, 5.41) is 6.43. The van der Waals surface area contributed by atoms with Crippen LogP contribution in [0.2, 0.25) is 0 Å². The largest absolute Gasteiger partial charge is 0.356 e. The first kappa shape index (κ1) is 19.3. The first-order chi connectivity index (χ1) is 13.1. The lowest BCUT2D eigenvalue weighted by Gasteiger charge is -2.55. The maximum absolute atomic E-state index is 12.9. The van der Waals surface area contributed by atoms with Gasteiger partial charge in [0.25, 0.3) is 0 Å². The topological polar surface area (TPSA) is 58.2 Å². The van der Waals surface area contributed by atoms with Crippen LogP contribution in [-0.2, 0) is 9.59 Å². The molecule has 4 bridgehead atoms. The van der Waals surface area contributed by atoms with Crippen molar-refractivity contribution in [2.75, 3.05) is 6.54 Å². The van der Waals surface area contributed by atoms with Gasteiger partial charge >= 0.3 is 0 Å². The van der Waals surface area contributed by atoms with Crippen molar-refractivity contribution in [2.45, 2.75) is 102 Å². The fourth-order valence-electron chi connectivity index (χ4n) is 6.93. The zero-order valence-electron chi connectivity index (χ0n) is 16.9. The van der Waals surface area contributed by atoms with Crippen LogP contribution in [0.5, 0.6) is 0 Å². The molecule has 0 spiro atoms. The van der Waals surface area contributed by atoms with E-state index in [-0.39, 0.29) is 11.3 Å². The molecule has 5 saturated carbocycles. The summed E-state index contributed by atoms with van der Waals surface area (Å²) in [5.74, 6) is 2.87. The van der Waals surface area contributed by atoms with Gasteiger partial charge in [-0.25, -0.2) is 0 Å². The summed E-state index contributed by atoms with van der Waals surface area (Å²) in [5.41, 5.74) is -0.0597. The van der Waals surface area contributed by atoms with Crippen molar-refractivity contribution in [1.82, 2.24) is 10.6 Å². The number of hydrogen-bond acceptors (Lipinski definition) is 2. The summed E-state index contributed by atoms with van der Waals surface area (Å²) in [6.45, 7) is 0.651. The van der Waals surface area contributed by atoms with Crippen LogP contribution in [-0.4, -0.2) is 24.4 Å². The molecule has 0 unspecified atom stereocenters. The molecule has 0 saturated heterocycles. The Kier molecular flexibility index (Phi) is 6.08. The van der Waals surface area contributed by atoms with Crippen LogP contribution in [0.25, 0.3) is 0 Å². The van der Waals surface area contributed by atoms with E-state index in [1.165, 1.54) is 51.4 Å². The Bertz CT molecular complexity index is 501. The first-order valence-corrected chi connectivity index (χ1v) is 11.7. The molecule has 5 aliphatic carbocycles. The summed E-state index contributed by atoms with van der Waals surface area (Å²) in [4.78, 5) is 25.2. The van der Waals surface area contributed by atoms with Crippen LogP contribution in [0.15, 0.2) is 0 Å². The number of hydrogen-bond donors (Lipinski definition) is 2. The molecule has 5 fully saturated rings. The van der Waals surface area contributed by atoms with Crippen LogP contribution in [0.4, 0.5) is 0 Å². The average Bonchev–Trinajstić information content (AvgIpc) is 2.59. The van der Waals surface area contributed by atoms with Crippen LogP contribution in [0.1, 0.15) is 96.3 Å². The van der Waals surface area contributed by atoms with Gasteiger partial charge in [-0.15, -0.1) is 0 Å². The standard InChI is InChI=1S/C23H38N2O2/c26-21(25-20-7-4-2-1-3-5-8-20)9-6-10-24-22(27)23-14-17-11-18(15-23)13-19(12-17)16-23/h17-20H,1-16H2,(H,24,27)(H,25,26). The van der Waals surface area contributed by atoms with Crippen molar-refractivity contribution in [3.63, 3.8) is 0 Å². The molecule has 0 radical (unpaired) electrons. The monoisotopic (exact) mass is 374 g/mol. The van der Waals surface area contributed by atoms with Gasteiger partial charge in [-0.05, 0) is 75.5 Å². The number of carbonyl (C=O) groups excluding carboxylic acids is 2. The quantitative estimate of drug-likeness (QED) is 0.680. The molecular formula is C23H38N2O2. The third-order valence-electron chi connectivity index (χ3n) is 7.86. The molecule has 152 valence electrons. The lowest BCUT2D eigenvalue weighted by atomic mass is 9.49. The Morgan fingerprint density at radius 1 is 0.815 bits per heavy atom. The lowest BCUT2D eigenvalue weighted by molar-refractivity contribution is -0.146. The number of rotatable bonds is 6. The number of nitrogens with one attached hydrogen (secondary N) is 2. The maximum atomic E-state index is 12.9. The summed E-state index contributed by atoms with van der Waals surface area (Å²) in [7, 11) is 0. The van der Waals surface area contributed by atoms with Gasteiger partial charge in [0.05, 0.1) is 0 Å². The number of amides is 2. The van der Waals surface area contributed by atoms with Crippen molar-refractivity contribution < 1.29 is 9.59 Å². The van der Waals surface area contributed by atoms with Crippen molar-refractivity contribution in [3.8, 4) is 0 Å². The second-order valence-electron chi connectivity index (χ2n) is 10.2. The van der Waals surface area contributed by atoms with Gasteiger partial charge in [-0.3, -0.25) is 9.59 Å². The summed E-state index contributed by atoms with van der Waals surface area (Å²) in [6, 6.07) is 0.374. The highest BCUT2D eigenvalue weighted by Crippen LogP contribution is 2.60. The molecule has 0 heterocycles. The third kappa shape index (κ3) is 4.68. The minimum absolute atomic E-state index is 0.0597. The fraction of sp³-hybridized carbons (Fsp3) is 0.913. The number of carbonyl (C=O) groups is 2. The first-order valence-electron chi connectivity index (χ1n) is 11.7. The smallest absolute Gasteiger partial charge is 0.226 e. The highest BCUT2D eigenvalue weighted by Gasteiger charge is 2.54. The van der Waals surface area contributed by atoms with Crippen molar-refractivity contribution in [3.05, 3.63) is 0 Å². The van der Waals surface area contributed by atoms with Gasteiger partial charge in [0.1, 0.15) is 0 Å². The second kappa shape index (κ2) is 8.53. The molecule has 27 heavy (non-hydrogen) atoms. The molecular weight excluding hydrogens is 336 g/mol. The van der Waals surface area contributed by atoms with E-state index >= 15 is 0 Å². The SMILES string of the molecule is O=C(CCCNC(=O)C12CC3CC(CC(C3)C1)C2)NC1CCCCCCC1. The summed E-state index contributed by atoms with van der Waals surface area (Å²) in [6.07, 6.45) is 17.5. The molecule has 5 rings (SSSR count). The van der Waals surface area contributed by atoms with E-state index in [1.54, 1.807) is 0 Å². The molecule has 0 aromatic rings. The Hall–Kier alpha value is -1.06. The second-order valence-corrected chi connectivity index (χ2v) is 10.2. The van der Waals surface area contributed by atoms with Crippen LogP contribution in [0, 0.1) is 23.2 Å². The average molecular weight is 375 g/mol. The van der Waals surface area contributed by atoms with E-state index in [0.29, 0.717) is 24.9 Å². The van der Waals surface area contributed by atoms with Crippen molar-refractivity contribution >= 4 is 11.8 Å². The molecule has 0 aromatic carbocycles. The molecule has 2 N–H and O–H groups in total. The zero-order valence-corrected chi connectivity index (χ0v) is 16.9. The fourth-order valence-corrected chi connectivity index (χ4v) is 6.93. The van der Waals surface area contributed by atoms with E-state index in [4.69, 9.17) is 0 Å². The predicted molar refractivity (Wildman–Crippen MR) is 107 cm³/mol. The molecule has 0 aromatic heterocycles. The van der Waals surface area contributed by atoms with E-state index in [1.807, 2.05) is 0 Å². The van der Waals surface area contributed by atoms with Gasteiger partial charge in [0.2, 0.25) is 11.8 Å². The normalized spacial score (nSPS) is 36.1. The minimum Gasteiger partial charge on any atom is -0.356 e. The van der Waals surface area contributed by atoms with Crippen molar-refractivity contribution in [2.24, 2.45) is 23.2 Å². The predicted octanol–water partition coefficient (Wildman–Crippen LogP) is 4.33. The van der Waals surface area contributed by atoms with Gasteiger partial charge in [-0.1, -0.05) is 32.1 Å². The molecule has 2 amide bonds. The van der Waals surface area contributed by atoms with Gasteiger partial charge in [0.15, 0.2) is 0 Å². The maximum Gasteiger partial charge on any atom is 0.226 e. The molecule has 5 aliphatic rings. The van der Waals surface area contributed by atoms with Gasteiger partial charge in [-0.2, -0.15) is 0 Å². The summed E-state index contributed by atoms with van der Waals surface area (Å²) < 4.78 is 0. The highest BCUT2D eigenvalue weighted by atomic mass is 16.2. The molecule has 0 atom stereocenters. The van der Waals surface area contributed by atoms with Gasteiger partial charge in [0, 0.05) is 24.4 Å². The Morgan fingerprint density at radius 2 is 1.37 bits per heavy atom. The lowest BCUT2D eigenvalue weighted by Crippen LogP contribution is -2.53. The Morgan fingerprint density at radius 3 is 1.96 bits per heavy atom. The minimum atomic E-state index is -0.0597. The van der Waals surface area contributed by atoms with E-state index in [2.05, 4.69) is 10.6 Å². The van der Waals surface area contributed by atoms with E-state index < -0.39 is 0 Å². The summed E-state index contributed by atoms with van der Waals surface area (Å²) >= 11 is 0. The molecule has 4 nitrogen and oxygen atoms in total. The van der Waals surface area contributed by atoms with E-state index in [0.717, 1.165) is 56.3 Å². The van der Waals surface area contributed by atoms with Crippen LogP contribution < -0.4 is 10.6 Å². The Labute approximate surface area is 164 Å². The van der Waals surface area contributed by atoms with Gasteiger partial charge < -0.3 is 10.6 Å². The third-order valence-corrected chi connectivity index (χ3v) is 7.86. The Balaban J connectivity index is 1.16. The highest BCUT2D eigenvalue weighted by molar-refractivity contribution is 5.83. The molecule has 0 aliphatic heterocycles. The molecule has 4 heteroatoms. The van der Waals surface area contributed by atoms with E-state index in [9.17, 15) is 9.59 Å². The van der Waals surface area contributed by atoms with Crippen LogP contribution in [0.3, 0.4) is 0 Å². The van der Waals surface area contributed by atoms with Crippen LogP contribution >= 0.6 is 0 Å².